The number of hydrogen-bond donors (Lipinski definition) is 1. The van der Waals surface area contributed by atoms with Crippen molar-refractivity contribution < 1.29 is 8.78 Å². The molecular weight excluding hydrogens is 256 g/mol. The Morgan fingerprint density at radius 3 is 2.61 bits per heavy atom. The molecule has 0 amide bonds. The van der Waals surface area contributed by atoms with Crippen molar-refractivity contribution in [2.24, 2.45) is 5.73 Å². The van der Waals surface area contributed by atoms with Crippen LogP contribution < -0.4 is 5.73 Å². The lowest BCUT2D eigenvalue weighted by atomic mass is 10.1. The molecule has 0 aliphatic rings. The van der Waals surface area contributed by atoms with Crippen molar-refractivity contribution in [1.82, 2.24) is 10.2 Å². The molecule has 6 heteroatoms. The standard InChI is InChI=1S/C12H13F2N3S/c13-9-4-3-8(6-10(9)14)7-12-17-16-11(18-12)2-1-5-15/h3-4,6H,1-2,5,7,15H2. The van der Waals surface area contributed by atoms with Gasteiger partial charge in [0.1, 0.15) is 10.0 Å². The Morgan fingerprint density at radius 2 is 1.89 bits per heavy atom. The Hall–Kier alpha value is -1.40. The van der Waals surface area contributed by atoms with Crippen LogP contribution in [0.3, 0.4) is 0 Å². The fraction of sp³-hybridized carbons (Fsp3) is 0.333. The first-order chi connectivity index (χ1) is 8.69. The molecular formula is C12H13F2N3S. The second-order valence-electron chi connectivity index (χ2n) is 3.91. The largest absolute Gasteiger partial charge is 0.330 e. The summed E-state index contributed by atoms with van der Waals surface area (Å²) in [6.07, 6.45) is 2.16. The molecule has 2 rings (SSSR count). The minimum atomic E-state index is -0.834. The summed E-state index contributed by atoms with van der Waals surface area (Å²) in [4.78, 5) is 0. The first kappa shape index (κ1) is 13.0. The van der Waals surface area contributed by atoms with Gasteiger partial charge in [-0.2, -0.15) is 0 Å². The van der Waals surface area contributed by atoms with Crippen LogP contribution in [0, 0.1) is 11.6 Å². The minimum absolute atomic E-state index is 0.470. The maximum absolute atomic E-state index is 13.0. The van der Waals surface area contributed by atoms with E-state index in [0.29, 0.717) is 18.5 Å². The second kappa shape index (κ2) is 5.97. The Kier molecular flexibility index (Phi) is 4.33. The highest BCUT2D eigenvalue weighted by Crippen LogP contribution is 2.17. The van der Waals surface area contributed by atoms with Gasteiger partial charge in [-0.05, 0) is 30.7 Å². The lowest BCUT2D eigenvalue weighted by molar-refractivity contribution is 0.507. The van der Waals surface area contributed by atoms with Gasteiger partial charge in [0.15, 0.2) is 11.6 Å². The Labute approximate surface area is 108 Å². The molecule has 0 unspecified atom stereocenters. The maximum atomic E-state index is 13.0. The number of aromatic nitrogens is 2. The minimum Gasteiger partial charge on any atom is -0.330 e. The number of nitrogens with two attached hydrogens (primary N) is 1. The average Bonchev–Trinajstić information content (AvgIpc) is 2.79. The summed E-state index contributed by atoms with van der Waals surface area (Å²) < 4.78 is 25.8. The zero-order chi connectivity index (χ0) is 13.0. The van der Waals surface area contributed by atoms with Gasteiger partial charge in [-0.15, -0.1) is 21.5 Å². The molecule has 0 aliphatic carbocycles. The van der Waals surface area contributed by atoms with Gasteiger partial charge in [0.25, 0.3) is 0 Å². The van der Waals surface area contributed by atoms with Crippen LogP contribution in [0.15, 0.2) is 18.2 Å². The van der Waals surface area contributed by atoms with Crippen LogP contribution in [0.1, 0.15) is 22.0 Å². The van der Waals surface area contributed by atoms with E-state index >= 15 is 0 Å². The van der Waals surface area contributed by atoms with Crippen molar-refractivity contribution in [2.75, 3.05) is 6.54 Å². The topological polar surface area (TPSA) is 51.8 Å². The third-order valence-electron chi connectivity index (χ3n) is 2.44. The van der Waals surface area contributed by atoms with Crippen molar-refractivity contribution in [3.8, 4) is 0 Å². The molecule has 1 aromatic carbocycles. The van der Waals surface area contributed by atoms with Gasteiger partial charge in [0.2, 0.25) is 0 Å². The van der Waals surface area contributed by atoms with E-state index in [-0.39, 0.29) is 0 Å². The van der Waals surface area contributed by atoms with Crippen LogP contribution >= 0.6 is 11.3 Å². The molecule has 96 valence electrons. The highest BCUT2D eigenvalue weighted by Gasteiger charge is 2.07. The highest BCUT2D eigenvalue weighted by molar-refractivity contribution is 7.11. The molecule has 0 bridgehead atoms. The van der Waals surface area contributed by atoms with Crippen LogP contribution in [-0.2, 0) is 12.8 Å². The van der Waals surface area contributed by atoms with Crippen molar-refractivity contribution >= 4 is 11.3 Å². The van der Waals surface area contributed by atoms with E-state index < -0.39 is 11.6 Å². The summed E-state index contributed by atoms with van der Waals surface area (Å²) in [6, 6.07) is 3.87. The van der Waals surface area contributed by atoms with Gasteiger partial charge in [0, 0.05) is 12.8 Å². The normalized spacial score (nSPS) is 10.8. The van der Waals surface area contributed by atoms with Gasteiger partial charge in [-0.1, -0.05) is 6.07 Å². The smallest absolute Gasteiger partial charge is 0.159 e. The molecule has 0 radical (unpaired) electrons. The Balaban J connectivity index is 2.04. The van der Waals surface area contributed by atoms with Crippen LogP contribution in [0.5, 0.6) is 0 Å². The van der Waals surface area contributed by atoms with Crippen molar-refractivity contribution in [2.45, 2.75) is 19.3 Å². The van der Waals surface area contributed by atoms with E-state index in [1.807, 2.05) is 0 Å². The predicted octanol–water partition coefficient (Wildman–Crippen LogP) is 2.30. The maximum Gasteiger partial charge on any atom is 0.159 e. The molecule has 0 atom stereocenters. The fourth-order valence-corrected chi connectivity index (χ4v) is 2.46. The van der Waals surface area contributed by atoms with Gasteiger partial charge in [-0.25, -0.2) is 8.78 Å². The van der Waals surface area contributed by atoms with Crippen molar-refractivity contribution in [3.63, 3.8) is 0 Å². The van der Waals surface area contributed by atoms with Gasteiger partial charge in [-0.3, -0.25) is 0 Å². The molecule has 18 heavy (non-hydrogen) atoms. The molecule has 0 aliphatic heterocycles. The van der Waals surface area contributed by atoms with Gasteiger partial charge < -0.3 is 5.73 Å². The number of aryl methyl sites for hydroxylation is 1. The lowest BCUT2D eigenvalue weighted by Crippen LogP contribution is -1.99. The second-order valence-corrected chi connectivity index (χ2v) is 5.05. The number of nitrogens with zero attached hydrogens (tertiary/aromatic N) is 2. The number of rotatable bonds is 5. The van der Waals surface area contributed by atoms with Crippen LogP contribution in [0.2, 0.25) is 0 Å². The summed E-state index contributed by atoms with van der Waals surface area (Å²) in [5.41, 5.74) is 6.11. The summed E-state index contributed by atoms with van der Waals surface area (Å²) in [6.45, 7) is 0.623. The fourth-order valence-electron chi connectivity index (χ4n) is 1.54. The van der Waals surface area contributed by atoms with Crippen molar-refractivity contribution in [1.29, 1.82) is 0 Å². The molecule has 2 N–H and O–H groups in total. The highest BCUT2D eigenvalue weighted by atomic mass is 32.1. The quantitative estimate of drug-likeness (QED) is 0.906. The lowest BCUT2D eigenvalue weighted by Gasteiger charge is -1.98. The SMILES string of the molecule is NCCCc1nnc(Cc2ccc(F)c(F)c2)s1. The summed E-state index contributed by atoms with van der Waals surface area (Å²) in [5.74, 6) is -1.67. The third-order valence-corrected chi connectivity index (χ3v) is 3.43. The summed E-state index contributed by atoms with van der Waals surface area (Å²) in [5, 5.41) is 9.79. The third kappa shape index (κ3) is 3.30. The van der Waals surface area contributed by atoms with E-state index in [0.717, 1.165) is 28.9 Å². The first-order valence-electron chi connectivity index (χ1n) is 5.64. The van der Waals surface area contributed by atoms with E-state index in [4.69, 9.17) is 5.73 Å². The molecule has 2 aromatic rings. The molecule has 0 spiro atoms. The van der Waals surface area contributed by atoms with E-state index in [1.165, 1.54) is 17.4 Å². The summed E-state index contributed by atoms with van der Waals surface area (Å²) in [7, 11) is 0. The molecule has 1 heterocycles. The van der Waals surface area contributed by atoms with E-state index in [1.54, 1.807) is 6.07 Å². The average molecular weight is 269 g/mol. The molecule has 0 saturated carbocycles. The molecule has 1 aromatic heterocycles. The van der Waals surface area contributed by atoms with Gasteiger partial charge >= 0.3 is 0 Å². The Morgan fingerprint density at radius 1 is 1.11 bits per heavy atom. The van der Waals surface area contributed by atoms with Gasteiger partial charge in [0.05, 0.1) is 0 Å². The number of hydrogen-bond acceptors (Lipinski definition) is 4. The zero-order valence-electron chi connectivity index (χ0n) is 9.70. The van der Waals surface area contributed by atoms with Crippen molar-refractivity contribution in [3.05, 3.63) is 45.4 Å². The van der Waals surface area contributed by atoms with E-state index in [9.17, 15) is 8.78 Å². The van der Waals surface area contributed by atoms with Crippen LogP contribution in [0.25, 0.3) is 0 Å². The predicted molar refractivity (Wildman–Crippen MR) is 66.4 cm³/mol. The van der Waals surface area contributed by atoms with Crippen LogP contribution in [-0.4, -0.2) is 16.7 Å². The number of halogens is 2. The molecule has 3 nitrogen and oxygen atoms in total. The molecule has 0 fully saturated rings. The zero-order valence-corrected chi connectivity index (χ0v) is 10.5. The number of benzene rings is 1. The van der Waals surface area contributed by atoms with Crippen LogP contribution in [0.4, 0.5) is 8.78 Å². The Bertz CT molecular complexity index is 528. The summed E-state index contributed by atoms with van der Waals surface area (Å²) >= 11 is 1.48. The molecule has 0 saturated heterocycles. The van der Waals surface area contributed by atoms with E-state index in [2.05, 4.69) is 10.2 Å². The monoisotopic (exact) mass is 269 g/mol. The first-order valence-corrected chi connectivity index (χ1v) is 6.46.